The molecule has 0 aromatic carbocycles. The number of aliphatic hydroxyl groups excluding tert-OH is 1. The summed E-state index contributed by atoms with van der Waals surface area (Å²) in [5, 5.41) is 8.96. The molecule has 0 saturated carbocycles. The number of likely N-dealkylation sites (tertiary alicyclic amines) is 1. The van der Waals surface area contributed by atoms with E-state index in [9.17, 15) is 4.79 Å². The SMILES string of the molecule is CC(N)C(=O)N1CCCC(CO)C1. The van der Waals surface area contributed by atoms with Crippen molar-refractivity contribution in [1.29, 1.82) is 0 Å². The molecule has 4 heteroatoms. The van der Waals surface area contributed by atoms with Crippen molar-refractivity contribution in [1.82, 2.24) is 4.90 Å². The molecule has 0 aromatic rings. The number of hydrogen-bond donors (Lipinski definition) is 2. The Morgan fingerprint density at radius 3 is 3.00 bits per heavy atom. The maximum atomic E-state index is 11.5. The van der Waals surface area contributed by atoms with Crippen molar-refractivity contribution < 1.29 is 9.90 Å². The molecule has 13 heavy (non-hydrogen) atoms. The molecule has 1 amide bonds. The molecule has 1 aliphatic heterocycles. The van der Waals surface area contributed by atoms with Gasteiger partial charge in [0.1, 0.15) is 0 Å². The second-order valence-electron chi connectivity index (χ2n) is 3.76. The van der Waals surface area contributed by atoms with Gasteiger partial charge in [-0.2, -0.15) is 0 Å². The minimum Gasteiger partial charge on any atom is -0.396 e. The third-order valence-electron chi connectivity index (χ3n) is 2.48. The van der Waals surface area contributed by atoms with E-state index in [1.165, 1.54) is 0 Å². The number of piperidine rings is 1. The highest BCUT2D eigenvalue weighted by molar-refractivity contribution is 5.81. The number of rotatable bonds is 2. The number of carbonyl (C=O) groups is 1. The molecule has 2 atom stereocenters. The normalized spacial score (nSPS) is 25.8. The fourth-order valence-corrected chi connectivity index (χ4v) is 1.70. The number of amides is 1. The van der Waals surface area contributed by atoms with Crippen LogP contribution in [0.1, 0.15) is 19.8 Å². The van der Waals surface area contributed by atoms with Crippen molar-refractivity contribution >= 4 is 5.91 Å². The van der Waals surface area contributed by atoms with Gasteiger partial charge in [0, 0.05) is 19.7 Å². The van der Waals surface area contributed by atoms with Gasteiger partial charge in [-0.25, -0.2) is 0 Å². The van der Waals surface area contributed by atoms with Crippen molar-refractivity contribution in [3.63, 3.8) is 0 Å². The molecular weight excluding hydrogens is 168 g/mol. The van der Waals surface area contributed by atoms with E-state index in [0.29, 0.717) is 6.54 Å². The average molecular weight is 186 g/mol. The van der Waals surface area contributed by atoms with Gasteiger partial charge in [-0.15, -0.1) is 0 Å². The van der Waals surface area contributed by atoms with Gasteiger partial charge in [0.05, 0.1) is 6.04 Å². The first-order valence-corrected chi connectivity index (χ1v) is 4.80. The van der Waals surface area contributed by atoms with E-state index in [-0.39, 0.29) is 18.4 Å². The van der Waals surface area contributed by atoms with Crippen LogP contribution in [0.25, 0.3) is 0 Å². The maximum absolute atomic E-state index is 11.5. The molecule has 1 aliphatic rings. The minimum atomic E-state index is -0.419. The summed E-state index contributed by atoms with van der Waals surface area (Å²) in [5.41, 5.74) is 5.50. The molecule has 3 N–H and O–H groups in total. The zero-order valence-electron chi connectivity index (χ0n) is 8.07. The molecule has 76 valence electrons. The van der Waals surface area contributed by atoms with Crippen molar-refractivity contribution in [2.75, 3.05) is 19.7 Å². The van der Waals surface area contributed by atoms with Gasteiger partial charge in [-0.05, 0) is 25.7 Å². The molecule has 1 saturated heterocycles. The van der Waals surface area contributed by atoms with Gasteiger partial charge in [0.25, 0.3) is 0 Å². The molecular formula is C9H18N2O2. The van der Waals surface area contributed by atoms with Crippen molar-refractivity contribution in [3.05, 3.63) is 0 Å². The number of aliphatic hydroxyl groups is 1. The fraction of sp³-hybridized carbons (Fsp3) is 0.889. The van der Waals surface area contributed by atoms with Crippen molar-refractivity contribution in [3.8, 4) is 0 Å². The Hall–Kier alpha value is -0.610. The summed E-state index contributed by atoms with van der Waals surface area (Å²) < 4.78 is 0. The molecule has 2 unspecified atom stereocenters. The predicted octanol–water partition coefficient (Wildman–Crippen LogP) is -0.435. The summed E-state index contributed by atoms with van der Waals surface area (Å²) in [6, 6.07) is -0.419. The fourth-order valence-electron chi connectivity index (χ4n) is 1.70. The lowest BCUT2D eigenvalue weighted by atomic mass is 9.98. The Morgan fingerprint density at radius 1 is 1.77 bits per heavy atom. The molecule has 0 bridgehead atoms. The zero-order valence-corrected chi connectivity index (χ0v) is 8.07. The smallest absolute Gasteiger partial charge is 0.239 e. The summed E-state index contributed by atoms with van der Waals surface area (Å²) in [5.74, 6) is 0.245. The summed E-state index contributed by atoms with van der Waals surface area (Å²) in [7, 11) is 0. The minimum absolute atomic E-state index is 0.00171. The average Bonchev–Trinajstić information content (AvgIpc) is 2.16. The van der Waals surface area contributed by atoms with Crippen LogP contribution in [0.3, 0.4) is 0 Å². The molecule has 0 radical (unpaired) electrons. The lowest BCUT2D eigenvalue weighted by Gasteiger charge is -2.32. The van der Waals surface area contributed by atoms with Gasteiger partial charge in [-0.1, -0.05) is 0 Å². The zero-order chi connectivity index (χ0) is 9.84. The Kier molecular flexibility index (Phi) is 3.69. The lowest BCUT2D eigenvalue weighted by molar-refractivity contribution is -0.134. The Labute approximate surface area is 78.7 Å². The van der Waals surface area contributed by atoms with E-state index in [0.717, 1.165) is 19.4 Å². The van der Waals surface area contributed by atoms with Crippen LogP contribution in [-0.4, -0.2) is 41.7 Å². The predicted molar refractivity (Wildman–Crippen MR) is 50.0 cm³/mol. The van der Waals surface area contributed by atoms with Crippen LogP contribution in [0.2, 0.25) is 0 Å². The van der Waals surface area contributed by atoms with Gasteiger partial charge < -0.3 is 15.7 Å². The van der Waals surface area contributed by atoms with E-state index in [1.54, 1.807) is 11.8 Å². The second-order valence-corrected chi connectivity index (χ2v) is 3.76. The Balaban J connectivity index is 2.46. The molecule has 1 fully saturated rings. The van der Waals surface area contributed by atoms with Gasteiger partial charge in [-0.3, -0.25) is 4.79 Å². The summed E-state index contributed by atoms with van der Waals surface area (Å²) in [6.07, 6.45) is 1.99. The third-order valence-corrected chi connectivity index (χ3v) is 2.48. The lowest BCUT2D eigenvalue weighted by Crippen LogP contribution is -2.47. The highest BCUT2D eigenvalue weighted by Crippen LogP contribution is 2.15. The molecule has 0 aliphatic carbocycles. The summed E-state index contributed by atoms with van der Waals surface area (Å²) >= 11 is 0. The third kappa shape index (κ3) is 2.67. The van der Waals surface area contributed by atoms with E-state index in [1.807, 2.05) is 0 Å². The Morgan fingerprint density at radius 2 is 2.46 bits per heavy atom. The maximum Gasteiger partial charge on any atom is 0.239 e. The molecule has 0 spiro atoms. The van der Waals surface area contributed by atoms with Gasteiger partial charge >= 0.3 is 0 Å². The largest absolute Gasteiger partial charge is 0.396 e. The van der Waals surface area contributed by atoms with E-state index in [2.05, 4.69) is 0 Å². The number of nitrogens with two attached hydrogens (primary N) is 1. The summed E-state index contributed by atoms with van der Waals surface area (Å²) in [6.45, 7) is 3.32. The standard InChI is InChI=1S/C9H18N2O2/c1-7(10)9(13)11-4-2-3-8(5-11)6-12/h7-8,12H,2-6,10H2,1H3. The molecule has 1 heterocycles. The number of nitrogens with zero attached hydrogens (tertiary/aromatic N) is 1. The van der Waals surface area contributed by atoms with Gasteiger partial charge in [0.15, 0.2) is 0 Å². The second kappa shape index (κ2) is 4.58. The topological polar surface area (TPSA) is 66.6 Å². The van der Waals surface area contributed by atoms with Crippen molar-refractivity contribution in [2.45, 2.75) is 25.8 Å². The monoisotopic (exact) mass is 186 g/mol. The van der Waals surface area contributed by atoms with Crippen LogP contribution in [0.15, 0.2) is 0 Å². The molecule has 1 rings (SSSR count). The van der Waals surface area contributed by atoms with Crippen LogP contribution in [0.5, 0.6) is 0 Å². The number of hydrogen-bond acceptors (Lipinski definition) is 3. The van der Waals surface area contributed by atoms with Crippen molar-refractivity contribution in [2.24, 2.45) is 11.7 Å². The highest BCUT2D eigenvalue weighted by Gasteiger charge is 2.24. The van der Waals surface area contributed by atoms with E-state index in [4.69, 9.17) is 10.8 Å². The van der Waals surface area contributed by atoms with Gasteiger partial charge in [0.2, 0.25) is 5.91 Å². The highest BCUT2D eigenvalue weighted by atomic mass is 16.3. The first-order chi connectivity index (χ1) is 6.15. The Bertz CT molecular complexity index is 182. The van der Waals surface area contributed by atoms with Crippen LogP contribution in [-0.2, 0) is 4.79 Å². The van der Waals surface area contributed by atoms with Crippen LogP contribution in [0.4, 0.5) is 0 Å². The molecule has 0 aromatic heterocycles. The first-order valence-electron chi connectivity index (χ1n) is 4.80. The van der Waals surface area contributed by atoms with Crippen LogP contribution < -0.4 is 5.73 Å². The van der Waals surface area contributed by atoms with E-state index < -0.39 is 6.04 Å². The van der Waals surface area contributed by atoms with E-state index >= 15 is 0 Å². The quantitative estimate of drug-likeness (QED) is 0.614. The first kappa shape index (κ1) is 10.5. The molecule has 4 nitrogen and oxygen atoms in total. The van der Waals surface area contributed by atoms with Crippen LogP contribution >= 0.6 is 0 Å². The number of carbonyl (C=O) groups excluding carboxylic acids is 1. The van der Waals surface area contributed by atoms with Crippen LogP contribution in [0, 0.1) is 5.92 Å². The summed E-state index contributed by atoms with van der Waals surface area (Å²) in [4.78, 5) is 13.2.